The summed E-state index contributed by atoms with van der Waals surface area (Å²) in [5.74, 6) is 0.305. The fraction of sp³-hybridized carbons (Fsp3) is 0.417. The number of aryl methyl sites for hydroxylation is 1. The summed E-state index contributed by atoms with van der Waals surface area (Å²) in [6.07, 6.45) is 0.955. The van der Waals surface area contributed by atoms with Gasteiger partial charge in [-0.05, 0) is 19.4 Å². The van der Waals surface area contributed by atoms with E-state index in [2.05, 4.69) is 11.9 Å². The van der Waals surface area contributed by atoms with Crippen LogP contribution in [0.3, 0.4) is 0 Å². The first-order valence-corrected chi connectivity index (χ1v) is 6.35. The molecule has 1 aromatic heterocycles. The van der Waals surface area contributed by atoms with Gasteiger partial charge < -0.3 is 4.57 Å². The molecule has 0 saturated carbocycles. The van der Waals surface area contributed by atoms with Gasteiger partial charge in [-0.15, -0.1) is 11.6 Å². The third kappa shape index (κ3) is 2.26. The number of hydrogen-bond donors (Lipinski definition) is 0. The van der Waals surface area contributed by atoms with Crippen molar-refractivity contribution in [2.24, 2.45) is 0 Å². The monoisotopic (exact) mass is 274 g/mol. The minimum absolute atomic E-state index is 0.114. The number of nitrogens with zero attached hydrogens (tertiary/aromatic N) is 2. The van der Waals surface area contributed by atoms with Crippen LogP contribution in [-0.4, -0.2) is 9.55 Å². The van der Waals surface area contributed by atoms with Crippen LogP contribution < -0.4 is 0 Å². The zero-order valence-corrected chi connectivity index (χ0v) is 11.2. The Balaban J connectivity index is 2.71. The number of aromatic nitrogens is 2. The van der Waals surface area contributed by atoms with Crippen molar-refractivity contribution in [2.45, 2.75) is 32.2 Å². The Morgan fingerprint density at radius 3 is 2.76 bits per heavy atom. The molecule has 0 saturated heterocycles. The lowest BCUT2D eigenvalue weighted by molar-refractivity contribution is 0.629. The quantitative estimate of drug-likeness (QED) is 0.752. The lowest BCUT2D eigenvalue weighted by atomic mass is 10.3. The Bertz CT molecular complexity index is 549. The van der Waals surface area contributed by atoms with E-state index in [0.717, 1.165) is 24.3 Å². The van der Waals surface area contributed by atoms with E-state index >= 15 is 0 Å². The van der Waals surface area contributed by atoms with Gasteiger partial charge in [0.05, 0.1) is 21.4 Å². The van der Waals surface area contributed by atoms with Gasteiger partial charge in [-0.25, -0.2) is 9.37 Å². The van der Waals surface area contributed by atoms with Crippen LogP contribution in [0.4, 0.5) is 4.39 Å². The van der Waals surface area contributed by atoms with Crippen molar-refractivity contribution in [1.82, 2.24) is 9.55 Å². The maximum atomic E-state index is 13.4. The van der Waals surface area contributed by atoms with E-state index < -0.39 is 5.82 Å². The van der Waals surface area contributed by atoms with Gasteiger partial charge in [0.25, 0.3) is 0 Å². The van der Waals surface area contributed by atoms with Gasteiger partial charge in [-0.2, -0.15) is 0 Å². The second kappa shape index (κ2) is 4.83. The minimum Gasteiger partial charge on any atom is -0.327 e. The SMILES string of the molecule is CCCn1c(C(C)Cl)nc2cc(F)c(Cl)cc21. The second-order valence-electron chi connectivity index (χ2n) is 3.99. The fourth-order valence-electron chi connectivity index (χ4n) is 1.90. The first kappa shape index (κ1) is 12.7. The summed E-state index contributed by atoms with van der Waals surface area (Å²) >= 11 is 11.9. The molecular formula is C12H13Cl2FN2. The molecule has 1 aromatic carbocycles. The van der Waals surface area contributed by atoms with E-state index in [-0.39, 0.29) is 10.4 Å². The van der Waals surface area contributed by atoms with Crippen molar-refractivity contribution in [3.8, 4) is 0 Å². The summed E-state index contributed by atoms with van der Waals surface area (Å²) in [6.45, 7) is 4.72. The first-order chi connectivity index (χ1) is 8.04. The molecule has 0 aliphatic rings. The highest BCUT2D eigenvalue weighted by Gasteiger charge is 2.16. The number of alkyl halides is 1. The van der Waals surface area contributed by atoms with Crippen molar-refractivity contribution in [2.75, 3.05) is 0 Å². The van der Waals surface area contributed by atoms with Gasteiger partial charge in [0.1, 0.15) is 11.6 Å². The third-order valence-corrected chi connectivity index (χ3v) is 3.11. The van der Waals surface area contributed by atoms with Crippen LogP contribution in [0.2, 0.25) is 5.02 Å². The van der Waals surface area contributed by atoms with Crippen molar-refractivity contribution in [1.29, 1.82) is 0 Å². The molecular weight excluding hydrogens is 262 g/mol. The van der Waals surface area contributed by atoms with Gasteiger partial charge in [0.2, 0.25) is 0 Å². The lowest BCUT2D eigenvalue weighted by Crippen LogP contribution is -2.03. The molecule has 2 aromatic rings. The number of rotatable bonds is 3. The highest BCUT2D eigenvalue weighted by Crippen LogP contribution is 2.28. The average molecular weight is 275 g/mol. The average Bonchev–Trinajstić information content (AvgIpc) is 2.59. The lowest BCUT2D eigenvalue weighted by Gasteiger charge is -2.08. The van der Waals surface area contributed by atoms with Crippen molar-refractivity contribution in [3.05, 3.63) is 28.8 Å². The molecule has 1 unspecified atom stereocenters. The molecule has 1 atom stereocenters. The van der Waals surface area contributed by atoms with Gasteiger partial charge in [-0.3, -0.25) is 0 Å². The standard InChI is InChI=1S/C12H13Cl2FN2/c1-3-4-17-11-5-8(14)9(15)6-10(11)16-12(17)7(2)13/h5-7H,3-4H2,1-2H3. The molecule has 0 N–H and O–H groups in total. The Hall–Kier alpha value is -0.800. The Kier molecular flexibility index (Phi) is 3.59. The zero-order chi connectivity index (χ0) is 12.6. The molecule has 0 bridgehead atoms. The van der Waals surface area contributed by atoms with Gasteiger partial charge in [0.15, 0.2) is 0 Å². The fourth-order valence-corrected chi connectivity index (χ4v) is 2.23. The molecule has 0 aliphatic heterocycles. The summed E-state index contributed by atoms with van der Waals surface area (Å²) in [7, 11) is 0. The largest absolute Gasteiger partial charge is 0.327 e. The predicted octanol–water partition coefficient (Wildman–Crippen LogP) is 4.54. The highest BCUT2D eigenvalue weighted by atomic mass is 35.5. The van der Waals surface area contributed by atoms with E-state index in [1.807, 2.05) is 11.5 Å². The Morgan fingerprint density at radius 1 is 1.47 bits per heavy atom. The van der Waals surface area contributed by atoms with Crippen molar-refractivity contribution in [3.63, 3.8) is 0 Å². The molecule has 0 fully saturated rings. The molecule has 0 amide bonds. The molecule has 2 rings (SSSR count). The van der Waals surface area contributed by atoms with Crippen molar-refractivity contribution < 1.29 is 4.39 Å². The maximum Gasteiger partial charge on any atom is 0.144 e. The van der Waals surface area contributed by atoms with Crippen LogP contribution >= 0.6 is 23.2 Å². The summed E-state index contributed by atoms with van der Waals surface area (Å²) in [4.78, 5) is 4.37. The second-order valence-corrected chi connectivity index (χ2v) is 5.05. The van der Waals surface area contributed by atoms with Crippen LogP contribution in [-0.2, 0) is 6.54 Å². The van der Waals surface area contributed by atoms with Crippen LogP contribution in [0.25, 0.3) is 11.0 Å². The molecule has 0 spiro atoms. The summed E-state index contributed by atoms with van der Waals surface area (Å²) < 4.78 is 15.4. The number of halogens is 3. The van der Waals surface area contributed by atoms with Gasteiger partial charge in [0, 0.05) is 12.6 Å². The summed E-state index contributed by atoms with van der Waals surface area (Å²) in [5, 5.41) is -0.0979. The first-order valence-electron chi connectivity index (χ1n) is 5.53. The number of benzene rings is 1. The number of hydrogen-bond acceptors (Lipinski definition) is 1. The maximum absolute atomic E-state index is 13.4. The van der Waals surface area contributed by atoms with E-state index in [1.165, 1.54) is 6.07 Å². The van der Waals surface area contributed by atoms with E-state index in [4.69, 9.17) is 23.2 Å². The molecule has 0 aliphatic carbocycles. The molecule has 1 heterocycles. The van der Waals surface area contributed by atoms with E-state index in [9.17, 15) is 4.39 Å². The zero-order valence-electron chi connectivity index (χ0n) is 9.67. The van der Waals surface area contributed by atoms with Crippen molar-refractivity contribution >= 4 is 34.2 Å². The van der Waals surface area contributed by atoms with Gasteiger partial charge in [-0.1, -0.05) is 18.5 Å². The summed E-state index contributed by atoms with van der Waals surface area (Å²) in [6, 6.07) is 2.96. The Labute approximate surface area is 109 Å². The predicted molar refractivity (Wildman–Crippen MR) is 69.3 cm³/mol. The van der Waals surface area contributed by atoms with Crippen LogP contribution in [0, 0.1) is 5.82 Å². The van der Waals surface area contributed by atoms with E-state index in [1.54, 1.807) is 6.07 Å². The smallest absolute Gasteiger partial charge is 0.144 e. The molecule has 2 nitrogen and oxygen atoms in total. The minimum atomic E-state index is -0.450. The Morgan fingerprint density at radius 2 is 2.18 bits per heavy atom. The van der Waals surface area contributed by atoms with E-state index in [0.29, 0.717) is 5.52 Å². The van der Waals surface area contributed by atoms with Crippen LogP contribution in [0.1, 0.15) is 31.5 Å². The molecule has 17 heavy (non-hydrogen) atoms. The number of imidazole rings is 1. The normalized spacial score (nSPS) is 13.2. The topological polar surface area (TPSA) is 17.8 Å². The molecule has 92 valence electrons. The molecule has 5 heteroatoms. The van der Waals surface area contributed by atoms with Gasteiger partial charge >= 0.3 is 0 Å². The van der Waals surface area contributed by atoms with Crippen LogP contribution in [0.5, 0.6) is 0 Å². The number of fused-ring (bicyclic) bond motifs is 1. The highest BCUT2D eigenvalue weighted by molar-refractivity contribution is 6.31. The summed E-state index contributed by atoms with van der Waals surface area (Å²) in [5.41, 5.74) is 1.43. The van der Waals surface area contributed by atoms with Crippen LogP contribution in [0.15, 0.2) is 12.1 Å². The third-order valence-electron chi connectivity index (χ3n) is 2.62. The molecule has 0 radical (unpaired) electrons.